The van der Waals surface area contributed by atoms with Crippen LogP contribution in [0.5, 0.6) is 0 Å². The molecule has 4 atom stereocenters. The number of imide groups is 1. The van der Waals surface area contributed by atoms with Crippen molar-refractivity contribution in [3.8, 4) is 0 Å². The highest BCUT2D eigenvalue weighted by atomic mass is 35.5. The van der Waals surface area contributed by atoms with E-state index >= 15 is 0 Å². The summed E-state index contributed by atoms with van der Waals surface area (Å²) in [6.07, 6.45) is 2.33. The van der Waals surface area contributed by atoms with E-state index < -0.39 is 35.2 Å². The third-order valence-electron chi connectivity index (χ3n) is 8.26. The van der Waals surface area contributed by atoms with Gasteiger partial charge < -0.3 is 15.6 Å². The van der Waals surface area contributed by atoms with Gasteiger partial charge in [-0.05, 0) is 48.4 Å². The highest BCUT2D eigenvalue weighted by Crippen LogP contribution is 2.55. The first-order valence-electron chi connectivity index (χ1n) is 13.0. The number of carbonyl (C=O) groups excluding carboxylic acids is 4. The molecule has 3 aliphatic heterocycles. The predicted molar refractivity (Wildman–Crippen MR) is 151 cm³/mol. The highest BCUT2D eigenvalue weighted by molar-refractivity contribution is 6.35. The third-order valence-corrected chi connectivity index (χ3v) is 8.57. The van der Waals surface area contributed by atoms with Crippen LogP contribution in [0.25, 0.3) is 10.9 Å². The fourth-order valence-electron chi connectivity index (χ4n) is 6.66. The van der Waals surface area contributed by atoms with Gasteiger partial charge in [-0.15, -0.1) is 0 Å². The molecule has 40 heavy (non-hydrogen) atoms. The molecule has 1 aromatic heterocycles. The number of carbonyl (C=O) groups is 4. The van der Waals surface area contributed by atoms with E-state index in [1.165, 1.54) is 11.8 Å². The minimum Gasteiger partial charge on any atom is -0.361 e. The second-order valence-electron chi connectivity index (χ2n) is 10.5. The molecule has 2 fully saturated rings. The zero-order valence-corrected chi connectivity index (χ0v) is 22.1. The van der Waals surface area contributed by atoms with Gasteiger partial charge in [-0.1, -0.05) is 41.9 Å². The van der Waals surface area contributed by atoms with Gasteiger partial charge in [0.15, 0.2) is 0 Å². The second-order valence-corrected chi connectivity index (χ2v) is 10.9. The molecule has 4 aromatic rings. The number of hydrogen-bond acceptors (Lipinski definition) is 5. The molecule has 4 N–H and O–H groups in total. The number of aromatic amines is 1. The van der Waals surface area contributed by atoms with Gasteiger partial charge in [0.25, 0.3) is 0 Å². The van der Waals surface area contributed by atoms with Gasteiger partial charge in [0.2, 0.25) is 23.6 Å². The van der Waals surface area contributed by atoms with Gasteiger partial charge in [-0.2, -0.15) is 0 Å². The summed E-state index contributed by atoms with van der Waals surface area (Å²) >= 11 is 6.46. The molecule has 0 radical (unpaired) electrons. The molecule has 4 heterocycles. The summed E-state index contributed by atoms with van der Waals surface area (Å²) in [6.45, 7) is 1.40. The van der Waals surface area contributed by atoms with E-state index in [0.29, 0.717) is 34.1 Å². The van der Waals surface area contributed by atoms with Crippen LogP contribution in [0.3, 0.4) is 0 Å². The van der Waals surface area contributed by atoms with Gasteiger partial charge in [-0.3, -0.25) is 24.5 Å². The number of amides is 4. The maximum Gasteiger partial charge on any atom is 0.250 e. The molecule has 2 saturated heterocycles. The Hall–Kier alpha value is -4.47. The van der Waals surface area contributed by atoms with Crippen LogP contribution in [-0.4, -0.2) is 34.7 Å². The summed E-state index contributed by atoms with van der Waals surface area (Å²) in [5, 5.41) is 10.4. The number of halogens is 1. The van der Waals surface area contributed by atoms with Crippen molar-refractivity contribution in [2.75, 3.05) is 15.5 Å². The fraction of sp³-hybridized carbons (Fsp3) is 0.200. The molecule has 4 amide bonds. The minimum absolute atomic E-state index is 0.228. The smallest absolute Gasteiger partial charge is 0.250 e. The molecule has 0 saturated carbocycles. The lowest BCUT2D eigenvalue weighted by Gasteiger charge is -2.29. The Morgan fingerprint density at radius 3 is 2.55 bits per heavy atom. The molecule has 3 aliphatic rings. The number of nitrogens with one attached hydrogen (secondary N) is 4. The Balaban J connectivity index is 1.34. The summed E-state index contributed by atoms with van der Waals surface area (Å²) < 4.78 is 0. The number of anilines is 3. The Labute approximate surface area is 233 Å². The number of benzene rings is 3. The molecular weight excluding hydrogens is 530 g/mol. The van der Waals surface area contributed by atoms with E-state index in [-0.39, 0.29) is 11.8 Å². The Bertz CT molecular complexity index is 1750. The van der Waals surface area contributed by atoms with Crippen molar-refractivity contribution in [2.45, 2.75) is 24.9 Å². The predicted octanol–water partition coefficient (Wildman–Crippen LogP) is 3.95. The number of nitrogens with zero attached hydrogens (tertiary/aromatic N) is 1. The zero-order valence-electron chi connectivity index (χ0n) is 21.3. The standard InChI is InChI=1S/C30H24ClN5O4/c1-15(37)33-17-9-11-18(12-10-17)36-27(38)24-23(13-16-14-32-22-8-3-2-5-19(16)22)35-30(25(24)28(36)39)20-6-4-7-21(31)26(20)34-29(30)40/h2-12,14,23-25,32,35H,13H2,1H3,(H,33,37)(H,34,40)/t23-,24+,25-,30-/m0/s1. The number of aromatic nitrogens is 1. The van der Waals surface area contributed by atoms with Crippen molar-refractivity contribution in [3.63, 3.8) is 0 Å². The largest absolute Gasteiger partial charge is 0.361 e. The van der Waals surface area contributed by atoms with Crippen LogP contribution in [0.1, 0.15) is 18.1 Å². The molecule has 10 heteroatoms. The first kappa shape index (κ1) is 24.6. The lowest BCUT2D eigenvalue weighted by Crippen LogP contribution is -2.53. The summed E-state index contributed by atoms with van der Waals surface area (Å²) in [5.74, 6) is -3.25. The number of hydrogen-bond donors (Lipinski definition) is 4. The number of para-hydroxylation sites is 2. The molecule has 1 spiro atoms. The van der Waals surface area contributed by atoms with Crippen molar-refractivity contribution in [1.82, 2.24) is 10.3 Å². The lowest BCUT2D eigenvalue weighted by molar-refractivity contribution is -0.130. The zero-order chi connectivity index (χ0) is 27.8. The average molecular weight is 554 g/mol. The third kappa shape index (κ3) is 3.38. The average Bonchev–Trinajstić information content (AvgIpc) is 3.64. The van der Waals surface area contributed by atoms with Gasteiger partial charge in [-0.25, -0.2) is 4.90 Å². The van der Waals surface area contributed by atoms with E-state index in [0.717, 1.165) is 16.5 Å². The number of H-pyrrole nitrogens is 1. The molecule has 0 bridgehead atoms. The van der Waals surface area contributed by atoms with Gasteiger partial charge >= 0.3 is 0 Å². The quantitative estimate of drug-likeness (QED) is 0.285. The molecule has 7 rings (SSSR count). The van der Waals surface area contributed by atoms with Crippen molar-refractivity contribution in [3.05, 3.63) is 89.1 Å². The molecule has 0 unspecified atom stereocenters. The van der Waals surface area contributed by atoms with Crippen LogP contribution >= 0.6 is 11.6 Å². The lowest BCUT2D eigenvalue weighted by atomic mass is 9.76. The highest BCUT2D eigenvalue weighted by Gasteiger charge is 2.70. The van der Waals surface area contributed by atoms with Crippen LogP contribution in [0.15, 0.2) is 72.9 Å². The molecule has 9 nitrogen and oxygen atoms in total. The summed E-state index contributed by atoms with van der Waals surface area (Å²) in [7, 11) is 0. The van der Waals surface area contributed by atoms with Gasteiger partial charge in [0.1, 0.15) is 5.54 Å². The van der Waals surface area contributed by atoms with E-state index in [9.17, 15) is 19.2 Å². The summed E-state index contributed by atoms with van der Waals surface area (Å²) in [5.41, 5.74) is 2.42. The maximum absolute atomic E-state index is 14.2. The topological polar surface area (TPSA) is 123 Å². The van der Waals surface area contributed by atoms with Gasteiger partial charge in [0.05, 0.1) is 28.2 Å². The Kier molecular flexibility index (Phi) is 5.39. The summed E-state index contributed by atoms with van der Waals surface area (Å²) in [6, 6.07) is 19.1. The SMILES string of the molecule is CC(=O)Nc1ccc(N2C(=O)[C@@H]3[C@H](Cc4c[nH]c5ccccc45)N[C@]4(C(=O)Nc5c(Cl)cccc54)[C@@H]3C2=O)cc1. The van der Waals surface area contributed by atoms with Crippen LogP contribution in [0.2, 0.25) is 5.02 Å². The number of rotatable bonds is 4. The van der Waals surface area contributed by atoms with E-state index in [1.807, 2.05) is 30.5 Å². The van der Waals surface area contributed by atoms with Crippen LogP contribution in [0.4, 0.5) is 17.1 Å². The fourth-order valence-corrected chi connectivity index (χ4v) is 6.88. The van der Waals surface area contributed by atoms with Crippen LogP contribution in [0, 0.1) is 11.8 Å². The molecular formula is C30H24ClN5O4. The summed E-state index contributed by atoms with van der Waals surface area (Å²) in [4.78, 5) is 58.0. The van der Waals surface area contributed by atoms with Crippen molar-refractivity contribution in [2.24, 2.45) is 11.8 Å². The first-order chi connectivity index (χ1) is 19.3. The van der Waals surface area contributed by atoms with Crippen molar-refractivity contribution >= 4 is 63.2 Å². The van der Waals surface area contributed by atoms with E-state index in [1.54, 1.807) is 42.5 Å². The second kappa shape index (κ2) is 8.77. The first-order valence-corrected chi connectivity index (χ1v) is 13.4. The van der Waals surface area contributed by atoms with E-state index in [4.69, 9.17) is 11.6 Å². The minimum atomic E-state index is -1.46. The maximum atomic E-state index is 14.2. The van der Waals surface area contributed by atoms with Crippen LogP contribution in [-0.2, 0) is 31.1 Å². The van der Waals surface area contributed by atoms with Crippen LogP contribution < -0.4 is 20.9 Å². The van der Waals surface area contributed by atoms with Crippen molar-refractivity contribution in [1.29, 1.82) is 0 Å². The Morgan fingerprint density at radius 1 is 1.00 bits per heavy atom. The molecule has 0 aliphatic carbocycles. The van der Waals surface area contributed by atoms with Crippen molar-refractivity contribution < 1.29 is 19.2 Å². The monoisotopic (exact) mass is 553 g/mol. The van der Waals surface area contributed by atoms with E-state index in [2.05, 4.69) is 20.9 Å². The Morgan fingerprint density at radius 2 is 1.77 bits per heavy atom. The normalized spacial score (nSPS) is 25.0. The van der Waals surface area contributed by atoms with Gasteiger partial charge in [0, 0.05) is 41.3 Å². The molecule has 3 aromatic carbocycles. The molecule has 200 valence electrons. The number of fused-ring (bicyclic) bond motifs is 5.